The van der Waals surface area contributed by atoms with Crippen LogP contribution in [0.25, 0.3) is 78.4 Å². The van der Waals surface area contributed by atoms with Crippen molar-refractivity contribution in [2.45, 2.75) is 15.2 Å². The Kier molecular flexibility index (Phi) is 7.97. The number of aromatic nitrogens is 4. The summed E-state index contributed by atoms with van der Waals surface area (Å²) in [7, 11) is 0. The molecule has 0 N–H and O–H groups in total. The third kappa shape index (κ3) is 5.33. The van der Waals surface area contributed by atoms with Gasteiger partial charge in [0.25, 0.3) is 0 Å². The zero-order valence-electron chi connectivity index (χ0n) is 32.3. The molecule has 280 valence electrons. The van der Waals surface area contributed by atoms with Crippen LogP contribution in [0.2, 0.25) is 0 Å². The minimum atomic E-state index is -0.527. The Morgan fingerprint density at radius 1 is 0.333 bits per heavy atom. The fraction of sp³-hybridized carbons (Fsp3) is 0.0182. The quantitative estimate of drug-likeness (QED) is 0.174. The van der Waals surface area contributed by atoms with E-state index in [1.807, 2.05) is 60.4 Å². The van der Waals surface area contributed by atoms with E-state index >= 15 is 0 Å². The van der Waals surface area contributed by atoms with E-state index in [-0.39, 0.29) is 0 Å². The van der Waals surface area contributed by atoms with Crippen LogP contribution in [0.3, 0.4) is 0 Å². The second-order valence-corrected chi connectivity index (χ2v) is 16.4. The molecule has 5 heteroatoms. The molecular formula is C55H34N4S. The van der Waals surface area contributed by atoms with E-state index in [9.17, 15) is 0 Å². The maximum absolute atomic E-state index is 5.13. The lowest BCUT2D eigenvalue weighted by atomic mass is 9.67. The van der Waals surface area contributed by atoms with Crippen molar-refractivity contribution >= 4 is 22.7 Å². The summed E-state index contributed by atoms with van der Waals surface area (Å²) in [5, 5.41) is 1.14. The molecule has 60 heavy (non-hydrogen) atoms. The van der Waals surface area contributed by atoms with Crippen LogP contribution in [0, 0.1) is 0 Å². The summed E-state index contributed by atoms with van der Waals surface area (Å²) in [6.07, 6.45) is 1.90. The van der Waals surface area contributed by atoms with Gasteiger partial charge in [0.15, 0.2) is 17.5 Å². The molecule has 1 aliphatic carbocycles. The van der Waals surface area contributed by atoms with E-state index < -0.39 is 5.41 Å². The maximum atomic E-state index is 5.13. The number of pyridine rings is 1. The van der Waals surface area contributed by atoms with E-state index in [0.29, 0.717) is 17.5 Å². The van der Waals surface area contributed by atoms with Crippen molar-refractivity contribution in [3.8, 4) is 67.5 Å². The molecule has 0 saturated heterocycles. The Morgan fingerprint density at radius 2 is 0.817 bits per heavy atom. The highest BCUT2D eigenvalue weighted by atomic mass is 32.2. The van der Waals surface area contributed by atoms with E-state index in [4.69, 9.17) is 19.9 Å². The first kappa shape index (κ1) is 34.6. The topological polar surface area (TPSA) is 51.6 Å². The molecule has 8 aromatic carbocycles. The average Bonchev–Trinajstić information content (AvgIpc) is 3.62. The molecule has 2 aromatic heterocycles. The molecule has 2 aliphatic rings. The van der Waals surface area contributed by atoms with Crippen molar-refractivity contribution in [1.82, 2.24) is 19.9 Å². The summed E-state index contributed by atoms with van der Waals surface area (Å²) in [6, 6.07) is 71.4. The Balaban J connectivity index is 1.08. The van der Waals surface area contributed by atoms with E-state index in [1.54, 1.807) is 0 Å². The lowest BCUT2D eigenvalue weighted by Crippen LogP contribution is -2.32. The Hall–Kier alpha value is -7.47. The molecule has 0 radical (unpaired) electrons. The van der Waals surface area contributed by atoms with Gasteiger partial charge in [-0.15, -0.1) is 0 Å². The largest absolute Gasteiger partial charge is 0.256 e. The fourth-order valence-electron chi connectivity index (χ4n) is 9.43. The predicted octanol–water partition coefficient (Wildman–Crippen LogP) is 13.6. The van der Waals surface area contributed by atoms with Crippen LogP contribution in [-0.4, -0.2) is 19.9 Å². The highest BCUT2D eigenvalue weighted by Gasteiger charge is 2.50. The molecule has 10 aromatic rings. The van der Waals surface area contributed by atoms with Crippen molar-refractivity contribution in [3.05, 3.63) is 229 Å². The first-order valence-corrected chi connectivity index (χ1v) is 21.0. The van der Waals surface area contributed by atoms with Crippen LogP contribution in [0.1, 0.15) is 22.3 Å². The second kappa shape index (κ2) is 13.8. The monoisotopic (exact) mass is 782 g/mol. The molecule has 0 unspecified atom stereocenters. The van der Waals surface area contributed by atoms with Crippen LogP contribution in [0.4, 0.5) is 0 Å². The summed E-state index contributed by atoms with van der Waals surface area (Å²) in [4.78, 5) is 22.6. The molecule has 3 heterocycles. The molecular weight excluding hydrogens is 749 g/mol. The van der Waals surface area contributed by atoms with Gasteiger partial charge < -0.3 is 0 Å². The molecule has 12 rings (SSSR count). The number of nitrogens with zero attached hydrogens (tertiary/aromatic N) is 4. The average molecular weight is 783 g/mol. The van der Waals surface area contributed by atoms with Crippen molar-refractivity contribution in [3.63, 3.8) is 0 Å². The second-order valence-electron chi connectivity index (χ2n) is 15.3. The molecule has 0 atom stereocenters. The summed E-state index contributed by atoms with van der Waals surface area (Å²) in [5.41, 5.74) is 15.6. The number of fused-ring (bicyclic) bond motifs is 10. The predicted molar refractivity (Wildman–Crippen MR) is 244 cm³/mol. The third-order valence-electron chi connectivity index (χ3n) is 12.1. The summed E-state index contributed by atoms with van der Waals surface area (Å²) < 4.78 is 0. The molecule has 0 saturated carbocycles. The molecule has 1 spiro atoms. The van der Waals surface area contributed by atoms with Crippen LogP contribution >= 0.6 is 11.8 Å². The van der Waals surface area contributed by atoms with Crippen molar-refractivity contribution in [2.24, 2.45) is 0 Å². The number of hydrogen-bond donors (Lipinski definition) is 0. The van der Waals surface area contributed by atoms with Crippen molar-refractivity contribution in [1.29, 1.82) is 0 Å². The van der Waals surface area contributed by atoms with Gasteiger partial charge in [-0.2, -0.15) is 0 Å². The molecule has 1 aliphatic heterocycles. The van der Waals surface area contributed by atoms with E-state index in [1.165, 1.54) is 54.3 Å². The van der Waals surface area contributed by atoms with E-state index in [0.717, 1.165) is 38.7 Å². The molecule has 0 fully saturated rings. The fourth-order valence-corrected chi connectivity index (χ4v) is 10.7. The van der Waals surface area contributed by atoms with Gasteiger partial charge in [-0.3, -0.25) is 4.98 Å². The standard InChI is InChI=1S/C55H34N4S/c1-4-15-35(16-5-1)40-28-29-41(51-44(40)23-14-32-56-51)38-26-30-47-49(33-38)60-50-34-39(27-31-48(50)55(47)45-24-12-10-21-42(45)43-22-11-13-25-46(43)55)54-58-52(36-17-6-2-7-18-36)57-53(59-54)37-19-8-3-9-20-37/h1-34H. The van der Waals surface area contributed by atoms with Gasteiger partial charge in [0, 0.05) is 43.6 Å². The van der Waals surface area contributed by atoms with Gasteiger partial charge in [0.1, 0.15) is 0 Å². The zero-order valence-corrected chi connectivity index (χ0v) is 33.1. The minimum absolute atomic E-state index is 0.527. The summed E-state index contributed by atoms with van der Waals surface area (Å²) >= 11 is 1.83. The Bertz CT molecular complexity index is 3190. The van der Waals surface area contributed by atoms with E-state index in [2.05, 4.69) is 158 Å². The van der Waals surface area contributed by atoms with Crippen molar-refractivity contribution < 1.29 is 0 Å². The van der Waals surface area contributed by atoms with Gasteiger partial charge in [0.05, 0.1) is 10.9 Å². The van der Waals surface area contributed by atoms with Gasteiger partial charge >= 0.3 is 0 Å². The van der Waals surface area contributed by atoms with Gasteiger partial charge in [0.2, 0.25) is 0 Å². The van der Waals surface area contributed by atoms with Crippen LogP contribution in [-0.2, 0) is 5.41 Å². The number of benzene rings is 8. The minimum Gasteiger partial charge on any atom is -0.256 e. The maximum Gasteiger partial charge on any atom is 0.164 e. The molecule has 0 amide bonds. The smallest absolute Gasteiger partial charge is 0.164 e. The normalized spacial score (nSPS) is 13.1. The lowest BCUT2D eigenvalue weighted by Gasteiger charge is -2.40. The Labute approximate surface area is 352 Å². The lowest BCUT2D eigenvalue weighted by molar-refractivity contribution is 0.722. The third-order valence-corrected chi connectivity index (χ3v) is 13.2. The Morgan fingerprint density at radius 3 is 1.42 bits per heavy atom. The van der Waals surface area contributed by atoms with Gasteiger partial charge in [-0.05, 0) is 68.3 Å². The van der Waals surface area contributed by atoms with Crippen LogP contribution in [0.15, 0.2) is 216 Å². The first-order chi connectivity index (χ1) is 29.7. The van der Waals surface area contributed by atoms with Crippen LogP contribution < -0.4 is 0 Å². The SMILES string of the molecule is c1ccc(-c2nc(-c3ccccc3)nc(-c3ccc4c(c3)Sc3cc(-c5ccc(-c6ccccc6)c6cccnc56)ccc3C43c4ccccc4-c4ccccc43)n2)cc1. The molecule has 0 bridgehead atoms. The summed E-state index contributed by atoms with van der Waals surface area (Å²) in [6.45, 7) is 0. The van der Waals surface area contributed by atoms with Gasteiger partial charge in [-0.25, -0.2) is 15.0 Å². The zero-order chi connectivity index (χ0) is 39.6. The van der Waals surface area contributed by atoms with Crippen molar-refractivity contribution in [2.75, 3.05) is 0 Å². The first-order valence-electron chi connectivity index (χ1n) is 20.2. The number of rotatable bonds is 5. The van der Waals surface area contributed by atoms with Crippen LogP contribution in [0.5, 0.6) is 0 Å². The summed E-state index contributed by atoms with van der Waals surface area (Å²) in [5.74, 6) is 1.94. The number of hydrogen-bond acceptors (Lipinski definition) is 5. The highest BCUT2D eigenvalue weighted by Crippen LogP contribution is 2.62. The highest BCUT2D eigenvalue weighted by molar-refractivity contribution is 7.99. The van der Waals surface area contributed by atoms with Gasteiger partial charge in [-0.1, -0.05) is 194 Å². The molecule has 4 nitrogen and oxygen atoms in total.